The SMILES string of the molecule is Cc1ccc(OCc2nc(C)c(C(=O)NC(C)c3ccc(F)cc3)s2)cc1C. The summed E-state index contributed by atoms with van der Waals surface area (Å²) in [5, 5.41) is 3.69. The van der Waals surface area contributed by atoms with Crippen molar-refractivity contribution in [3.05, 3.63) is 80.6 Å². The molecule has 1 N–H and O–H groups in total. The van der Waals surface area contributed by atoms with Gasteiger partial charge in [-0.1, -0.05) is 18.2 Å². The molecule has 3 aromatic rings. The molecule has 0 aliphatic rings. The van der Waals surface area contributed by atoms with Crippen LogP contribution in [-0.2, 0) is 6.61 Å². The first-order valence-corrected chi connectivity index (χ1v) is 9.88. The van der Waals surface area contributed by atoms with Crippen molar-refractivity contribution in [1.82, 2.24) is 10.3 Å². The van der Waals surface area contributed by atoms with Gasteiger partial charge in [-0.3, -0.25) is 4.79 Å². The first kappa shape index (κ1) is 20.0. The number of ether oxygens (including phenoxy) is 1. The van der Waals surface area contributed by atoms with Crippen LogP contribution in [-0.4, -0.2) is 10.9 Å². The highest BCUT2D eigenvalue weighted by Gasteiger charge is 2.18. The van der Waals surface area contributed by atoms with Gasteiger partial charge >= 0.3 is 0 Å². The molecule has 1 unspecified atom stereocenters. The molecule has 146 valence electrons. The van der Waals surface area contributed by atoms with Crippen LogP contribution in [0.2, 0.25) is 0 Å². The lowest BCUT2D eigenvalue weighted by Gasteiger charge is -2.13. The Morgan fingerprint density at radius 2 is 1.86 bits per heavy atom. The molecule has 1 atom stereocenters. The number of rotatable bonds is 6. The number of halogens is 1. The molecule has 1 heterocycles. The number of benzene rings is 2. The van der Waals surface area contributed by atoms with Crippen LogP contribution < -0.4 is 10.1 Å². The van der Waals surface area contributed by atoms with Crippen molar-refractivity contribution in [1.29, 1.82) is 0 Å². The van der Waals surface area contributed by atoms with Crippen LogP contribution in [0.1, 0.15) is 50.0 Å². The van der Waals surface area contributed by atoms with Gasteiger partial charge in [0, 0.05) is 0 Å². The Morgan fingerprint density at radius 1 is 1.14 bits per heavy atom. The fourth-order valence-electron chi connectivity index (χ4n) is 2.77. The van der Waals surface area contributed by atoms with Crippen molar-refractivity contribution < 1.29 is 13.9 Å². The molecule has 0 fully saturated rings. The Bertz CT molecular complexity index is 983. The van der Waals surface area contributed by atoms with E-state index in [1.54, 1.807) is 12.1 Å². The third-order valence-corrected chi connectivity index (χ3v) is 5.74. The van der Waals surface area contributed by atoms with Crippen molar-refractivity contribution in [2.24, 2.45) is 0 Å². The minimum atomic E-state index is -0.297. The summed E-state index contributed by atoms with van der Waals surface area (Å²) >= 11 is 1.33. The lowest BCUT2D eigenvalue weighted by Crippen LogP contribution is -2.26. The van der Waals surface area contributed by atoms with Crippen molar-refractivity contribution >= 4 is 17.2 Å². The Hall–Kier alpha value is -2.73. The van der Waals surface area contributed by atoms with E-state index in [4.69, 9.17) is 4.74 Å². The van der Waals surface area contributed by atoms with Gasteiger partial charge < -0.3 is 10.1 Å². The standard InChI is InChI=1S/C22H23FN2O2S/c1-13-5-10-19(11-14(13)2)27-12-20-24-16(4)21(28-20)22(26)25-15(3)17-6-8-18(23)9-7-17/h5-11,15H,12H2,1-4H3,(H,25,26). The van der Waals surface area contributed by atoms with Gasteiger partial charge in [-0.15, -0.1) is 11.3 Å². The number of carbonyl (C=O) groups excluding carboxylic acids is 1. The molecule has 0 saturated carbocycles. The topological polar surface area (TPSA) is 51.2 Å². The van der Waals surface area contributed by atoms with Crippen molar-refractivity contribution in [2.75, 3.05) is 0 Å². The summed E-state index contributed by atoms with van der Waals surface area (Å²) in [5.74, 6) is 0.296. The third kappa shape index (κ3) is 4.75. The van der Waals surface area contributed by atoms with Gasteiger partial charge in [0.1, 0.15) is 28.1 Å². The van der Waals surface area contributed by atoms with Crippen molar-refractivity contribution in [3.63, 3.8) is 0 Å². The summed E-state index contributed by atoms with van der Waals surface area (Å²) in [6, 6.07) is 11.8. The molecule has 0 radical (unpaired) electrons. The molecule has 0 aliphatic heterocycles. The number of carbonyl (C=O) groups is 1. The quantitative estimate of drug-likeness (QED) is 0.615. The number of nitrogens with zero attached hydrogens (tertiary/aromatic N) is 1. The normalized spacial score (nSPS) is 11.9. The van der Waals surface area contributed by atoms with E-state index in [1.807, 2.05) is 39.0 Å². The van der Waals surface area contributed by atoms with E-state index in [0.29, 0.717) is 17.2 Å². The van der Waals surface area contributed by atoms with Crippen LogP contribution in [0, 0.1) is 26.6 Å². The van der Waals surface area contributed by atoms with Gasteiger partial charge in [0.15, 0.2) is 0 Å². The fraction of sp³-hybridized carbons (Fsp3) is 0.273. The van der Waals surface area contributed by atoms with E-state index < -0.39 is 0 Å². The van der Waals surface area contributed by atoms with Crippen LogP contribution in [0.25, 0.3) is 0 Å². The minimum Gasteiger partial charge on any atom is -0.486 e. The summed E-state index contributed by atoms with van der Waals surface area (Å²) < 4.78 is 18.9. The zero-order chi connectivity index (χ0) is 20.3. The average Bonchev–Trinajstić information content (AvgIpc) is 3.04. The number of thiazole rings is 1. The molecule has 0 bridgehead atoms. The van der Waals surface area contributed by atoms with Gasteiger partial charge in [-0.05, 0) is 68.7 Å². The average molecular weight is 399 g/mol. The summed E-state index contributed by atoms with van der Waals surface area (Å²) in [5.41, 5.74) is 3.90. The molecule has 1 amide bonds. The van der Waals surface area contributed by atoms with E-state index in [9.17, 15) is 9.18 Å². The first-order chi connectivity index (χ1) is 13.3. The van der Waals surface area contributed by atoms with E-state index in [2.05, 4.69) is 17.2 Å². The molecular formula is C22H23FN2O2S. The maximum Gasteiger partial charge on any atom is 0.263 e. The summed E-state index contributed by atoms with van der Waals surface area (Å²) in [7, 11) is 0. The van der Waals surface area contributed by atoms with Gasteiger partial charge in [0.05, 0.1) is 11.7 Å². The molecule has 28 heavy (non-hydrogen) atoms. The number of amides is 1. The van der Waals surface area contributed by atoms with E-state index in [-0.39, 0.29) is 17.8 Å². The molecule has 0 aliphatic carbocycles. The van der Waals surface area contributed by atoms with Crippen molar-refractivity contribution in [2.45, 2.75) is 40.3 Å². The van der Waals surface area contributed by atoms with Crippen LogP contribution in [0.5, 0.6) is 5.75 Å². The van der Waals surface area contributed by atoms with Crippen LogP contribution in [0.15, 0.2) is 42.5 Å². The minimum absolute atomic E-state index is 0.191. The van der Waals surface area contributed by atoms with Gasteiger partial charge in [0.25, 0.3) is 5.91 Å². The maximum atomic E-state index is 13.1. The summed E-state index contributed by atoms with van der Waals surface area (Å²) in [6.45, 7) is 8.09. The lowest BCUT2D eigenvalue weighted by molar-refractivity contribution is 0.0943. The third-order valence-electron chi connectivity index (χ3n) is 4.61. The molecule has 3 rings (SSSR count). The molecule has 6 heteroatoms. The second-order valence-electron chi connectivity index (χ2n) is 6.80. The molecule has 0 spiro atoms. The van der Waals surface area contributed by atoms with E-state index >= 15 is 0 Å². The Morgan fingerprint density at radius 3 is 2.54 bits per heavy atom. The van der Waals surface area contributed by atoms with Crippen LogP contribution in [0.3, 0.4) is 0 Å². The Labute approximate surface area is 168 Å². The fourth-order valence-corrected chi connectivity index (χ4v) is 3.65. The van der Waals surface area contributed by atoms with Crippen molar-refractivity contribution in [3.8, 4) is 5.75 Å². The number of hydrogen-bond acceptors (Lipinski definition) is 4. The summed E-state index contributed by atoms with van der Waals surface area (Å²) in [6.07, 6.45) is 0. The molecular weight excluding hydrogens is 375 g/mol. The van der Waals surface area contributed by atoms with Gasteiger partial charge in [0.2, 0.25) is 0 Å². The monoisotopic (exact) mass is 398 g/mol. The predicted octanol–water partition coefficient (Wildman–Crippen LogP) is 5.28. The second-order valence-corrected chi connectivity index (χ2v) is 7.89. The molecule has 4 nitrogen and oxygen atoms in total. The zero-order valence-electron chi connectivity index (χ0n) is 16.4. The molecule has 0 saturated heterocycles. The largest absolute Gasteiger partial charge is 0.486 e. The van der Waals surface area contributed by atoms with Gasteiger partial charge in [-0.25, -0.2) is 9.37 Å². The summed E-state index contributed by atoms with van der Waals surface area (Å²) in [4.78, 5) is 17.7. The van der Waals surface area contributed by atoms with E-state index in [0.717, 1.165) is 16.3 Å². The highest BCUT2D eigenvalue weighted by molar-refractivity contribution is 7.13. The van der Waals surface area contributed by atoms with Gasteiger partial charge in [-0.2, -0.15) is 0 Å². The number of nitrogens with one attached hydrogen (secondary N) is 1. The maximum absolute atomic E-state index is 13.1. The predicted molar refractivity (Wildman–Crippen MR) is 109 cm³/mol. The highest BCUT2D eigenvalue weighted by atomic mass is 32.1. The zero-order valence-corrected chi connectivity index (χ0v) is 17.2. The number of aryl methyl sites for hydroxylation is 3. The highest BCUT2D eigenvalue weighted by Crippen LogP contribution is 2.23. The second kappa shape index (κ2) is 8.52. The number of hydrogen-bond donors (Lipinski definition) is 1. The lowest BCUT2D eigenvalue weighted by atomic mass is 10.1. The Kier molecular flexibility index (Phi) is 6.09. The van der Waals surface area contributed by atoms with E-state index in [1.165, 1.54) is 34.6 Å². The smallest absolute Gasteiger partial charge is 0.263 e. The first-order valence-electron chi connectivity index (χ1n) is 9.06. The van der Waals surface area contributed by atoms with Crippen LogP contribution in [0.4, 0.5) is 4.39 Å². The Balaban J connectivity index is 1.64. The van der Waals surface area contributed by atoms with Crippen LogP contribution >= 0.6 is 11.3 Å². The molecule has 1 aromatic heterocycles. The molecule has 2 aromatic carbocycles. The number of aromatic nitrogens is 1.